The highest BCUT2D eigenvalue weighted by atomic mass is 19.4. The van der Waals surface area contributed by atoms with E-state index in [1.165, 1.54) is 82.8 Å². The number of allylic oxidation sites excluding steroid dienone is 3. The molecule has 0 aromatic carbocycles. The third-order valence-corrected chi connectivity index (χ3v) is 7.44. The fourth-order valence-electron chi connectivity index (χ4n) is 5.65. The molecular weight excluding hydrogens is 373 g/mol. The van der Waals surface area contributed by atoms with E-state index in [-0.39, 0.29) is 5.76 Å². The van der Waals surface area contributed by atoms with Crippen molar-refractivity contribution in [2.45, 2.75) is 104 Å². The summed E-state index contributed by atoms with van der Waals surface area (Å²) in [5.41, 5.74) is 0. The van der Waals surface area contributed by atoms with Gasteiger partial charge in [-0.05, 0) is 93.6 Å². The molecule has 4 heteroatoms. The van der Waals surface area contributed by atoms with E-state index in [0.29, 0.717) is 11.8 Å². The van der Waals surface area contributed by atoms with E-state index in [2.05, 4.69) is 18.6 Å². The van der Waals surface area contributed by atoms with Crippen molar-refractivity contribution in [1.29, 1.82) is 0 Å². The minimum absolute atomic E-state index is 0.107. The second-order valence-corrected chi connectivity index (χ2v) is 9.27. The van der Waals surface area contributed by atoms with E-state index < -0.39 is 6.36 Å². The highest BCUT2D eigenvalue weighted by Crippen LogP contribution is 2.44. The molecule has 0 bridgehead atoms. The van der Waals surface area contributed by atoms with Gasteiger partial charge in [-0.15, -0.1) is 13.2 Å². The van der Waals surface area contributed by atoms with Gasteiger partial charge in [0.2, 0.25) is 0 Å². The van der Waals surface area contributed by atoms with E-state index in [4.69, 9.17) is 0 Å². The van der Waals surface area contributed by atoms with Gasteiger partial charge in [0, 0.05) is 0 Å². The summed E-state index contributed by atoms with van der Waals surface area (Å²) in [5.74, 6) is 3.59. The predicted octanol–water partition coefficient (Wildman–Crippen LogP) is 8.81. The third kappa shape index (κ3) is 8.38. The van der Waals surface area contributed by atoms with Crippen LogP contribution in [0.25, 0.3) is 0 Å². The molecule has 0 aromatic heterocycles. The van der Waals surface area contributed by atoms with Gasteiger partial charge in [-0.3, -0.25) is 0 Å². The molecule has 2 fully saturated rings. The standard InChI is InChI=1S/C25H41F3O/c1-4-7-8-19-9-11-22(12-10-19)23-15-13-21(14-16-23)20(5-2)17-18-24(6-3)29-25(26,27)28/h6,17-23H,4-5,7-16H2,1-3H3/b18-17-,24-6+. The summed E-state index contributed by atoms with van der Waals surface area (Å²) in [4.78, 5) is 0. The predicted molar refractivity (Wildman–Crippen MR) is 114 cm³/mol. The zero-order valence-corrected chi connectivity index (χ0v) is 18.6. The Labute approximate surface area is 176 Å². The Morgan fingerprint density at radius 3 is 2.03 bits per heavy atom. The van der Waals surface area contributed by atoms with E-state index in [9.17, 15) is 13.2 Å². The second kappa shape index (κ2) is 12.1. The Kier molecular flexibility index (Phi) is 10.1. The summed E-state index contributed by atoms with van der Waals surface area (Å²) in [6.45, 7) is 6.00. The normalized spacial score (nSPS) is 30.5. The summed E-state index contributed by atoms with van der Waals surface area (Å²) in [6, 6.07) is 0. The van der Waals surface area contributed by atoms with Crippen LogP contribution in [0.2, 0.25) is 0 Å². The van der Waals surface area contributed by atoms with Gasteiger partial charge in [-0.1, -0.05) is 52.0 Å². The smallest absolute Gasteiger partial charge is 0.406 e. The lowest BCUT2D eigenvalue weighted by molar-refractivity contribution is -0.303. The molecule has 0 radical (unpaired) electrons. The maximum absolute atomic E-state index is 12.5. The average molecular weight is 415 g/mol. The van der Waals surface area contributed by atoms with Crippen molar-refractivity contribution < 1.29 is 17.9 Å². The average Bonchev–Trinajstić information content (AvgIpc) is 2.71. The van der Waals surface area contributed by atoms with Crippen molar-refractivity contribution in [3.05, 3.63) is 24.0 Å². The van der Waals surface area contributed by atoms with E-state index in [1.807, 2.05) is 6.08 Å². The first-order valence-corrected chi connectivity index (χ1v) is 12.0. The van der Waals surface area contributed by atoms with Crippen LogP contribution in [0.3, 0.4) is 0 Å². The molecule has 1 unspecified atom stereocenters. The van der Waals surface area contributed by atoms with Crippen molar-refractivity contribution in [1.82, 2.24) is 0 Å². The molecular formula is C25H41F3O. The zero-order chi connectivity index (χ0) is 21.3. The Balaban J connectivity index is 1.79. The van der Waals surface area contributed by atoms with Gasteiger partial charge >= 0.3 is 6.36 Å². The highest BCUT2D eigenvalue weighted by molar-refractivity contribution is 5.13. The van der Waals surface area contributed by atoms with Crippen molar-refractivity contribution in [3.8, 4) is 0 Å². The molecule has 0 saturated heterocycles. The molecule has 0 spiro atoms. The van der Waals surface area contributed by atoms with Crippen LogP contribution in [0.15, 0.2) is 24.0 Å². The van der Waals surface area contributed by atoms with Gasteiger partial charge < -0.3 is 4.74 Å². The maximum Gasteiger partial charge on any atom is 0.573 e. The second-order valence-electron chi connectivity index (χ2n) is 9.27. The molecule has 168 valence electrons. The first-order chi connectivity index (χ1) is 13.9. The molecule has 0 heterocycles. The molecule has 0 aliphatic heterocycles. The molecule has 0 aromatic rings. The zero-order valence-electron chi connectivity index (χ0n) is 18.6. The van der Waals surface area contributed by atoms with Crippen LogP contribution < -0.4 is 0 Å². The summed E-state index contributed by atoms with van der Waals surface area (Å²) >= 11 is 0. The van der Waals surface area contributed by atoms with E-state index >= 15 is 0 Å². The topological polar surface area (TPSA) is 9.23 Å². The van der Waals surface area contributed by atoms with Gasteiger partial charge in [0.25, 0.3) is 0 Å². The summed E-state index contributed by atoms with van der Waals surface area (Å²) < 4.78 is 41.5. The van der Waals surface area contributed by atoms with E-state index in [0.717, 1.165) is 24.2 Å². The summed E-state index contributed by atoms with van der Waals surface area (Å²) in [7, 11) is 0. The Morgan fingerprint density at radius 2 is 1.55 bits per heavy atom. The molecule has 1 atom stereocenters. The number of rotatable bonds is 9. The van der Waals surface area contributed by atoms with Gasteiger partial charge in [-0.25, -0.2) is 0 Å². The van der Waals surface area contributed by atoms with Gasteiger partial charge in [0.05, 0.1) is 0 Å². The van der Waals surface area contributed by atoms with Crippen molar-refractivity contribution in [3.63, 3.8) is 0 Å². The fourth-order valence-corrected chi connectivity index (χ4v) is 5.65. The molecule has 0 amide bonds. The minimum atomic E-state index is -4.62. The van der Waals surface area contributed by atoms with Crippen LogP contribution in [0, 0.1) is 29.6 Å². The molecule has 1 nitrogen and oxygen atoms in total. The Hall–Kier alpha value is -0.930. The first kappa shape index (κ1) is 24.3. The fraction of sp³-hybridized carbons (Fsp3) is 0.840. The van der Waals surface area contributed by atoms with Crippen molar-refractivity contribution in [2.75, 3.05) is 0 Å². The largest absolute Gasteiger partial charge is 0.573 e. The summed E-state index contributed by atoms with van der Waals surface area (Å²) in [6.07, 6.45) is 16.0. The van der Waals surface area contributed by atoms with Crippen LogP contribution in [0.4, 0.5) is 13.2 Å². The molecule has 2 saturated carbocycles. The first-order valence-electron chi connectivity index (χ1n) is 12.0. The molecule has 2 aliphatic carbocycles. The van der Waals surface area contributed by atoms with Crippen LogP contribution in [0.1, 0.15) is 97.8 Å². The van der Waals surface area contributed by atoms with Gasteiger partial charge in [0.15, 0.2) is 0 Å². The molecule has 0 N–H and O–H groups in total. The van der Waals surface area contributed by atoms with Gasteiger partial charge in [0.1, 0.15) is 5.76 Å². The van der Waals surface area contributed by atoms with Crippen LogP contribution in [0.5, 0.6) is 0 Å². The number of halogens is 3. The SMILES string of the molecule is C/C=C(\C=C/C(CC)C1CCC(C2CCC(CCCC)CC2)CC1)OC(F)(F)F. The number of alkyl halides is 3. The van der Waals surface area contributed by atoms with Crippen molar-refractivity contribution in [2.24, 2.45) is 29.6 Å². The van der Waals surface area contributed by atoms with Crippen LogP contribution in [-0.4, -0.2) is 6.36 Å². The Bertz CT molecular complexity index is 507. The third-order valence-electron chi connectivity index (χ3n) is 7.44. The molecule has 2 aliphatic rings. The number of hydrogen-bond acceptors (Lipinski definition) is 1. The summed E-state index contributed by atoms with van der Waals surface area (Å²) in [5, 5.41) is 0. The number of unbranched alkanes of at least 4 members (excludes halogenated alkanes) is 1. The minimum Gasteiger partial charge on any atom is -0.406 e. The van der Waals surface area contributed by atoms with Crippen LogP contribution in [-0.2, 0) is 4.74 Å². The number of ether oxygens (including phenoxy) is 1. The lowest BCUT2D eigenvalue weighted by Gasteiger charge is -2.39. The highest BCUT2D eigenvalue weighted by Gasteiger charge is 2.33. The van der Waals surface area contributed by atoms with Crippen LogP contribution >= 0.6 is 0 Å². The maximum atomic E-state index is 12.5. The number of hydrogen-bond donors (Lipinski definition) is 0. The lowest BCUT2D eigenvalue weighted by Crippen LogP contribution is -2.27. The van der Waals surface area contributed by atoms with E-state index in [1.54, 1.807) is 6.92 Å². The molecule has 2 rings (SSSR count). The lowest BCUT2D eigenvalue weighted by atomic mass is 9.66. The Morgan fingerprint density at radius 1 is 0.966 bits per heavy atom. The monoisotopic (exact) mass is 414 g/mol. The molecule has 29 heavy (non-hydrogen) atoms. The van der Waals surface area contributed by atoms with Crippen molar-refractivity contribution >= 4 is 0 Å². The van der Waals surface area contributed by atoms with Gasteiger partial charge in [-0.2, -0.15) is 0 Å². The quantitative estimate of drug-likeness (QED) is 0.270.